The van der Waals surface area contributed by atoms with Crippen molar-refractivity contribution in [2.24, 2.45) is 0 Å². The minimum atomic E-state index is 0.0923. The molecule has 0 saturated heterocycles. The molecule has 1 aliphatic heterocycles. The van der Waals surface area contributed by atoms with Crippen molar-refractivity contribution in [1.82, 2.24) is 5.16 Å². The number of anilines is 1. The summed E-state index contributed by atoms with van der Waals surface area (Å²) in [5, 5.41) is 4.18. The molecule has 0 saturated carbocycles. The molecule has 4 rings (SSSR count). The lowest BCUT2D eigenvalue weighted by molar-refractivity contribution is -0.116. The second-order valence-electron chi connectivity index (χ2n) is 6.06. The van der Waals surface area contributed by atoms with Crippen molar-refractivity contribution in [3.8, 4) is 22.6 Å². The van der Waals surface area contributed by atoms with Crippen LogP contribution in [0.15, 0.2) is 59.1 Å². The number of aromatic nitrogens is 1. The Hall–Kier alpha value is -2.88. The zero-order chi connectivity index (χ0) is 16.5. The van der Waals surface area contributed by atoms with Crippen LogP contribution in [0.4, 0.5) is 5.69 Å². The molecule has 24 heavy (non-hydrogen) atoms. The first-order chi connectivity index (χ1) is 11.7. The third-order valence-electron chi connectivity index (χ3n) is 4.44. The van der Waals surface area contributed by atoms with E-state index in [9.17, 15) is 4.79 Å². The standard InChI is InChI=1S/C20H18N2O2/c1-14(23)22-11-5-8-16-12-17(9-10-19(16)22)20-13-18(21-24-20)15-6-3-2-4-7-15/h2-4,6-7,9-10,12-13H,5,8,11H2,1H3. The summed E-state index contributed by atoms with van der Waals surface area (Å²) < 4.78 is 5.54. The molecule has 2 aromatic carbocycles. The minimum Gasteiger partial charge on any atom is -0.356 e. The summed E-state index contributed by atoms with van der Waals surface area (Å²) in [5.74, 6) is 0.839. The highest BCUT2D eigenvalue weighted by Gasteiger charge is 2.21. The topological polar surface area (TPSA) is 46.3 Å². The molecule has 4 heteroatoms. The molecular formula is C20H18N2O2. The summed E-state index contributed by atoms with van der Waals surface area (Å²) in [4.78, 5) is 13.6. The van der Waals surface area contributed by atoms with Gasteiger partial charge in [0.05, 0.1) is 0 Å². The minimum absolute atomic E-state index is 0.0923. The average Bonchev–Trinajstić information content (AvgIpc) is 3.11. The van der Waals surface area contributed by atoms with E-state index >= 15 is 0 Å². The first-order valence-corrected chi connectivity index (χ1v) is 8.16. The van der Waals surface area contributed by atoms with Gasteiger partial charge in [0.15, 0.2) is 5.76 Å². The van der Waals surface area contributed by atoms with Crippen molar-refractivity contribution in [2.45, 2.75) is 19.8 Å². The van der Waals surface area contributed by atoms with Crippen LogP contribution in [0, 0.1) is 0 Å². The normalized spacial score (nSPS) is 13.6. The first kappa shape index (κ1) is 14.7. The van der Waals surface area contributed by atoms with E-state index in [1.807, 2.05) is 53.4 Å². The Morgan fingerprint density at radius 1 is 1.08 bits per heavy atom. The molecule has 2 heterocycles. The molecule has 0 atom stereocenters. The number of fused-ring (bicyclic) bond motifs is 1. The van der Waals surface area contributed by atoms with Gasteiger partial charge in [0, 0.05) is 36.3 Å². The summed E-state index contributed by atoms with van der Waals surface area (Å²) >= 11 is 0. The summed E-state index contributed by atoms with van der Waals surface area (Å²) in [6.45, 7) is 2.41. The third kappa shape index (κ3) is 2.60. The molecule has 4 nitrogen and oxygen atoms in total. The SMILES string of the molecule is CC(=O)N1CCCc2cc(-c3cc(-c4ccccc4)no3)ccc21. The monoisotopic (exact) mass is 318 g/mol. The second-order valence-corrected chi connectivity index (χ2v) is 6.06. The lowest BCUT2D eigenvalue weighted by atomic mass is 9.98. The van der Waals surface area contributed by atoms with Crippen LogP contribution in [0.25, 0.3) is 22.6 Å². The number of hydrogen-bond donors (Lipinski definition) is 0. The Balaban J connectivity index is 1.69. The zero-order valence-electron chi connectivity index (χ0n) is 13.5. The average molecular weight is 318 g/mol. The molecule has 120 valence electrons. The van der Waals surface area contributed by atoms with Crippen LogP contribution >= 0.6 is 0 Å². The van der Waals surface area contributed by atoms with Crippen LogP contribution in [-0.4, -0.2) is 17.6 Å². The van der Waals surface area contributed by atoms with Crippen LogP contribution in [0.2, 0.25) is 0 Å². The molecule has 1 aliphatic rings. The fourth-order valence-electron chi connectivity index (χ4n) is 3.23. The van der Waals surface area contributed by atoms with Gasteiger partial charge in [-0.25, -0.2) is 0 Å². The number of aryl methyl sites for hydroxylation is 1. The maximum absolute atomic E-state index is 11.8. The van der Waals surface area contributed by atoms with E-state index in [4.69, 9.17) is 4.52 Å². The van der Waals surface area contributed by atoms with Gasteiger partial charge in [0.25, 0.3) is 0 Å². The molecule has 0 N–H and O–H groups in total. The van der Waals surface area contributed by atoms with E-state index in [-0.39, 0.29) is 5.91 Å². The summed E-state index contributed by atoms with van der Waals surface area (Å²) in [7, 11) is 0. The Labute approximate surface area is 140 Å². The molecular weight excluding hydrogens is 300 g/mol. The van der Waals surface area contributed by atoms with Gasteiger partial charge in [-0.15, -0.1) is 0 Å². The molecule has 0 unspecified atom stereocenters. The van der Waals surface area contributed by atoms with E-state index in [2.05, 4.69) is 11.2 Å². The summed E-state index contributed by atoms with van der Waals surface area (Å²) in [6.07, 6.45) is 1.97. The van der Waals surface area contributed by atoms with Crippen LogP contribution in [0.3, 0.4) is 0 Å². The van der Waals surface area contributed by atoms with Crippen LogP contribution in [-0.2, 0) is 11.2 Å². The van der Waals surface area contributed by atoms with E-state index in [1.54, 1.807) is 6.92 Å². The van der Waals surface area contributed by atoms with Crippen molar-refractivity contribution < 1.29 is 9.32 Å². The van der Waals surface area contributed by atoms with E-state index in [0.717, 1.165) is 47.7 Å². The lowest BCUT2D eigenvalue weighted by Gasteiger charge is -2.28. The van der Waals surface area contributed by atoms with Crippen molar-refractivity contribution in [3.63, 3.8) is 0 Å². The van der Waals surface area contributed by atoms with Crippen LogP contribution < -0.4 is 4.90 Å². The maximum atomic E-state index is 11.8. The highest BCUT2D eigenvalue weighted by Crippen LogP contribution is 2.33. The molecule has 1 aromatic heterocycles. The number of carbonyl (C=O) groups is 1. The van der Waals surface area contributed by atoms with Gasteiger partial charge < -0.3 is 9.42 Å². The smallest absolute Gasteiger partial charge is 0.223 e. The van der Waals surface area contributed by atoms with Gasteiger partial charge >= 0.3 is 0 Å². The molecule has 0 spiro atoms. The van der Waals surface area contributed by atoms with Crippen molar-refractivity contribution >= 4 is 11.6 Å². The number of nitrogens with zero attached hydrogens (tertiary/aromatic N) is 2. The second kappa shape index (κ2) is 5.96. The predicted octanol–water partition coefficient (Wildman–Crippen LogP) is 4.31. The van der Waals surface area contributed by atoms with Gasteiger partial charge in [-0.3, -0.25) is 4.79 Å². The number of rotatable bonds is 2. The lowest BCUT2D eigenvalue weighted by Crippen LogP contribution is -2.33. The maximum Gasteiger partial charge on any atom is 0.223 e. The van der Waals surface area contributed by atoms with Crippen LogP contribution in [0.1, 0.15) is 18.9 Å². The van der Waals surface area contributed by atoms with E-state index < -0.39 is 0 Å². The Morgan fingerprint density at radius 3 is 2.71 bits per heavy atom. The quantitative estimate of drug-likeness (QED) is 0.707. The largest absolute Gasteiger partial charge is 0.356 e. The third-order valence-corrected chi connectivity index (χ3v) is 4.44. The summed E-state index contributed by atoms with van der Waals surface area (Å²) in [5.41, 5.74) is 5.06. The highest BCUT2D eigenvalue weighted by molar-refractivity contribution is 5.93. The van der Waals surface area contributed by atoms with Gasteiger partial charge in [0.2, 0.25) is 5.91 Å². The summed E-state index contributed by atoms with van der Waals surface area (Å²) in [6, 6.07) is 18.1. The molecule has 0 aliphatic carbocycles. The number of amides is 1. The Kier molecular flexibility index (Phi) is 3.65. The van der Waals surface area contributed by atoms with Gasteiger partial charge in [0.1, 0.15) is 5.69 Å². The van der Waals surface area contributed by atoms with E-state index in [0.29, 0.717) is 0 Å². The highest BCUT2D eigenvalue weighted by atomic mass is 16.5. The fraction of sp³-hybridized carbons (Fsp3) is 0.200. The van der Waals surface area contributed by atoms with Crippen molar-refractivity contribution in [3.05, 3.63) is 60.2 Å². The number of carbonyl (C=O) groups excluding carboxylic acids is 1. The van der Waals surface area contributed by atoms with E-state index in [1.165, 1.54) is 5.56 Å². The molecule has 0 radical (unpaired) electrons. The van der Waals surface area contributed by atoms with Gasteiger partial charge in [-0.05, 0) is 36.6 Å². The number of benzene rings is 2. The number of hydrogen-bond acceptors (Lipinski definition) is 3. The Morgan fingerprint density at radius 2 is 1.92 bits per heavy atom. The van der Waals surface area contributed by atoms with Crippen molar-refractivity contribution in [2.75, 3.05) is 11.4 Å². The van der Waals surface area contributed by atoms with Gasteiger partial charge in [-0.2, -0.15) is 0 Å². The predicted molar refractivity (Wildman–Crippen MR) is 93.7 cm³/mol. The fourth-order valence-corrected chi connectivity index (χ4v) is 3.23. The molecule has 0 fully saturated rings. The zero-order valence-corrected chi connectivity index (χ0v) is 13.5. The molecule has 3 aromatic rings. The Bertz CT molecular complexity index is 884. The van der Waals surface area contributed by atoms with Crippen LogP contribution in [0.5, 0.6) is 0 Å². The first-order valence-electron chi connectivity index (χ1n) is 8.16. The molecule has 1 amide bonds. The van der Waals surface area contributed by atoms with Gasteiger partial charge in [-0.1, -0.05) is 35.5 Å². The van der Waals surface area contributed by atoms with Crippen molar-refractivity contribution in [1.29, 1.82) is 0 Å². The molecule has 0 bridgehead atoms.